The maximum Gasteiger partial charge on any atom is 0.226 e. The number of aryl methyl sites for hydroxylation is 1. The molecular weight excluding hydrogens is 216 g/mol. The third kappa shape index (κ3) is 3.53. The van der Waals surface area contributed by atoms with E-state index in [1.54, 1.807) is 0 Å². The summed E-state index contributed by atoms with van der Waals surface area (Å²) in [6, 6.07) is 0. The minimum Gasteiger partial charge on any atom is -0.396 e. The summed E-state index contributed by atoms with van der Waals surface area (Å²) in [7, 11) is 0. The van der Waals surface area contributed by atoms with Crippen LogP contribution >= 0.6 is 0 Å². The van der Waals surface area contributed by atoms with Crippen LogP contribution in [-0.2, 0) is 6.42 Å². The number of aliphatic hydroxyl groups is 1. The Balaban J connectivity index is 1.88. The fraction of sp³-hybridized carbons (Fsp3) is 0.846. The van der Waals surface area contributed by atoms with E-state index in [-0.39, 0.29) is 6.61 Å². The van der Waals surface area contributed by atoms with Crippen molar-refractivity contribution in [2.75, 3.05) is 6.61 Å². The molecule has 2 atom stereocenters. The molecule has 1 N–H and O–H groups in total. The average Bonchev–Trinajstić information content (AvgIpc) is 2.78. The van der Waals surface area contributed by atoms with Crippen LogP contribution in [-0.4, -0.2) is 21.9 Å². The van der Waals surface area contributed by atoms with Gasteiger partial charge in [-0.15, -0.1) is 0 Å². The van der Waals surface area contributed by atoms with Gasteiger partial charge in [0.15, 0.2) is 5.82 Å². The van der Waals surface area contributed by atoms with Gasteiger partial charge in [-0.2, -0.15) is 4.98 Å². The summed E-state index contributed by atoms with van der Waals surface area (Å²) in [6.07, 6.45) is 7.50. The molecule has 0 aromatic carbocycles. The molecule has 0 saturated heterocycles. The summed E-state index contributed by atoms with van der Waals surface area (Å²) in [4.78, 5) is 4.48. The minimum absolute atomic E-state index is 0.237. The highest BCUT2D eigenvalue weighted by molar-refractivity contribution is 4.97. The third-order valence-electron chi connectivity index (χ3n) is 3.58. The zero-order chi connectivity index (χ0) is 12.1. The van der Waals surface area contributed by atoms with Crippen LogP contribution in [0.25, 0.3) is 0 Å². The minimum atomic E-state index is 0.237. The van der Waals surface area contributed by atoms with Gasteiger partial charge in [-0.1, -0.05) is 24.9 Å². The Labute approximate surface area is 102 Å². The van der Waals surface area contributed by atoms with Crippen LogP contribution in [0, 0.1) is 5.92 Å². The van der Waals surface area contributed by atoms with Crippen molar-refractivity contribution < 1.29 is 9.63 Å². The van der Waals surface area contributed by atoms with Crippen molar-refractivity contribution in [2.45, 2.75) is 57.8 Å². The van der Waals surface area contributed by atoms with Crippen LogP contribution in [0.4, 0.5) is 0 Å². The van der Waals surface area contributed by atoms with Gasteiger partial charge in [0.1, 0.15) is 0 Å². The van der Waals surface area contributed by atoms with Crippen molar-refractivity contribution in [1.82, 2.24) is 10.1 Å². The van der Waals surface area contributed by atoms with Crippen LogP contribution in [0.5, 0.6) is 0 Å². The Morgan fingerprint density at radius 2 is 2.24 bits per heavy atom. The molecule has 2 rings (SSSR count). The van der Waals surface area contributed by atoms with E-state index in [2.05, 4.69) is 17.1 Å². The lowest BCUT2D eigenvalue weighted by Crippen LogP contribution is -2.12. The predicted octanol–water partition coefficient (Wildman–Crippen LogP) is 2.68. The lowest BCUT2D eigenvalue weighted by Gasteiger charge is -2.23. The molecule has 4 heteroatoms. The summed E-state index contributed by atoms with van der Waals surface area (Å²) in [5.74, 6) is 2.90. The van der Waals surface area contributed by atoms with E-state index >= 15 is 0 Å². The average molecular weight is 238 g/mol. The standard InChI is InChI=1S/C13H22N2O2/c1-10-5-4-6-11(9-10)13-14-12(17-15-13)7-2-3-8-16/h10-11,16H,2-9H2,1H3. The molecule has 0 amide bonds. The largest absolute Gasteiger partial charge is 0.396 e. The van der Waals surface area contributed by atoms with Crippen molar-refractivity contribution in [2.24, 2.45) is 5.92 Å². The van der Waals surface area contributed by atoms with Gasteiger partial charge in [-0.05, 0) is 31.6 Å². The smallest absolute Gasteiger partial charge is 0.226 e. The molecule has 0 aliphatic heterocycles. The second-order valence-corrected chi connectivity index (χ2v) is 5.20. The van der Waals surface area contributed by atoms with E-state index < -0.39 is 0 Å². The molecule has 1 saturated carbocycles. The second kappa shape index (κ2) is 6.15. The van der Waals surface area contributed by atoms with E-state index in [0.717, 1.165) is 36.9 Å². The summed E-state index contributed by atoms with van der Waals surface area (Å²) < 4.78 is 5.26. The summed E-state index contributed by atoms with van der Waals surface area (Å²) >= 11 is 0. The monoisotopic (exact) mass is 238 g/mol. The molecule has 0 spiro atoms. The molecular formula is C13H22N2O2. The number of rotatable bonds is 5. The van der Waals surface area contributed by atoms with Crippen LogP contribution in [0.1, 0.15) is 63.1 Å². The van der Waals surface area contributed by atoms with Crippen molar-refractivity contribution in [3.05, 3.63) is 11.7 Å². The van der Waals surface area contributed by atoms with Gasteiger partial charge >= 0.3 is 0 Å². The first-order chi connectivity index (χ1) is 8.29. The fourth-order valence-corrected chi connectivity index (χ4v) is 2.59. The first-order valence-corrected chi connectivity index (χ1v) is 6.73. The van der Waals surface area contributed by atoms with Crippen molar-refractivity contribution in [3.63, 3.8) is 0 Å². The molecule has 1 fully saturated rings. The van der Waals surface area contributed by atoms with Gasteiger partial charge in [-0.25, -0.2) is 0 Å². The molecule has 96 valence electrons. The second-order valence-electron chi connectivity index (χ2n) is 5.20. The van der Waals surface area contributed by atoms with Gasteiger partial charge in [-0.3, -0.25) is 0 Å². The van der Waals surface area contributed by atoms with Crippen LogP contribution in [0.3, 0.4) is 0 Å². The number of aromatic nitrogens is 2. The van der Waals surface area contributed by atoms with E-state index in [9.17, 15) is 0 Å². The molecule has 1 heterocycles. The first-order valence-electron chi connectivity index (χ1n) is 6.73. The zero-order valence-electron chi connectivity index (χ0n) is 10.6. The van der Waals surface area contributed by atoms with Gasteiger partial charge in [0.2, 0.25) is 5.89 Å². The summed E-state index contributed by atoms with van der Waals surface area (Å²) in [5.41, 5.74) is 0. The normalized spacial score (nSPS) is 25.1. The molecule has 17 heavy (non-hydrogen) atoms. The molecule has 0 radical (unpaired) electrons. The Kier molecular flexibility index (Phi) is 4.54. The maximum absolute atomic E-state index is 8.72. The summed E-state index contributed by atoms with van der Waals surface area (Å²) in [6.45, 7) is 2.54. The molecule has 2 unspecified atom stereocenters. The fourth-order valence-electron chi connectivity index (χ4n) is 2.59. The van der Waals surface area contributed by atoms with E-state index in [4.69, 9.17) is 9.63 Å². The van der Waals surface area contributed by atoms with E-state index in [1.807, 2.05) is 0 Å². The van der Waals surface area contributed by atoms with Crippen molar-refractivity contribution in [1.29, 1.82) is 0 Å². The SMILES string of the molecule is CC1CCCC(c2noc(CCCCO)n2)C1. The maximum atomic E-state index is 8.72. The molecule has 1 aromatic rings. The summed E-state index contributed by atoms with van der Waals surface area (Å²) in [5, 5.41) is 12.8. The number of nitrogens with zero attached hydrogens (tertiary/aromatic N) is 2. The van der Waals surface area contributed by atoms with Gasteiger partial charge in [0.25, 0.3) is 0 Å². The number of hydrogen-bond acceptors (Lipinski definition) is 4. The Bertz CT molecular complexity index is 338. The number of hydrogen-bond donors (Lipinski definition) is 1. The molecule has 1 aromatic heterocycles. The van der Waals surface area contributed by atoms with Gasteiger partial charge < -0.3 is 9.63 Å². The third-order valence-corrected chi connectivity index (χ3v) is 3.58. The molecule has 1 aliphatic carbocycles. The highest BCUT2D eigenvalue weighted by Gasteiger charge is 2.24. The lowest BCUT2D eigenvalue weighted by molar-refractivity contribution is 0.280. The quantitative estimate of drug-likeness (QED) is 0.801. The van der Waals surface area contributed by atoms with Gasteiger partial charge in [0.05, 0.1) is 0 Å². The Hall–Kier alpha value is -0.900. The number of unbranched alkanes of at least 4 members (excludes halogenated alkanes) is 1. The Morgan fingerprint density at radius 3 is 3.00 bits per heavy atom. The topological polar surface area (TPSA) is 59.2 Å². The van der Waals surface area contributed by atoms with Crippen molar-refractivity contribution >= 4 is 0 Å². The van der Waals surface area contributed by atoms with Crippen LogP contribution in [0.2, 0.25) is 0 Å². The number of aliphatic hydroxyl groups excluding tert-OH is 1. The molecule has 0 bridgehead atoms. The highest BCUT2D eigenvalue weighted by atomic mass is 16.5. The Morgan fingerprint density at radius 1 is 1.35 bits per heavy atom. The van der Waals surface area contributed by atoms with E-state index in [1.165, 1.54) is 25.7 Å². The van der Waals surface area contributed by atoms with Crippen molar-refractivity contribution in [3.8, 4) is 0 Å². The van der Waals surface area contributed by atoms with E-state index in [0.29, 0.717) is 5.92 Å². The van der Waals surface area contributed by atoms with Gasteiger partial charge in [0, 0.05) is 18.9 Å². The van der Waals surface area contributed by atoms with Crippen LogP contribution in [0.15, 0.2) is 4.52 Å². The lowest BCUT2D eigenvalue weighted by atomic mass is 9.82. The predicted molar refractivity (Wildman–Crippen MR) is 64.7 cm³/mol. The highest BCUT2D eigenvalue weighted by Crippen LogP contribution is 2.34. The molecule has 1 aliphatic rings. The first kappa shape index (κ1) is 12.6. The molecule has 4 nitrogen and oxygen atoms in total. The van der Waals surface area contributed by atoms with Crippen LogP contribution < -0.4 is 0 Å². The zero-order valence-corrected chi connectivity index (χ0v) is 10.6.